The van der Waals surface area contributed by atoms with E-state index in [2.05, 4.69) is 0 Å². The zero-order valence-electron chi connectivity index (χ0n) is 7.44. The normalized spacial score (nSPS) is 29.5. The van der Waals surface area contributed by atoms with Crippen LogP contribution in [-0.4, -0.2) is 0 Å². The molecule has 0 saturated heterocycles. The lowest BCUT2D eigenvalue weighted by atomic mass is 9.80. The second-order valence-electron chi connectivity index (χ2n) is 4.29. The first kappa shape index (κ1) is 7.64. The van der Waals surface area contributed by atoms with Crippen LogP contribution in [0.25, 0.3) is 0 Å². The largest absolute Gasteiger partial charge is 0.0533 e. The first-order chi connectivity index (χ1) is 5.45. The van der Waals surface area contributed by atoms with E-state index in [9.17, 15) is 0 Å². The molecule has 0 heterocycles. The first-order valence-corrected chi connectivity index (χ1v) is 5.29. The summed E-state index contributed by atoms with van der Waals surface area (Å²) in [6.45, 7) is 0. The van der Waals surface area contributed by atoms with Crippen molar-refractivity contribution in [3.05, 3.63) is 5.92 Å². The van der Waals surface area contributed by atoms with E-state index in [0.717, 1.165) is 5.92 Å². The van der Waals surface area contributed by atoms with E-state index in [1.165, 1.54) is 57.8 Å². The van der Waals surface area contributed by atoms with E-state index in [-0.39, 0.29) is 0 Å². The van der Waals surface area contributed by atoms with Gasteiger partial charge in [0, 0.05) is 0 Å². The zero-order valence-corrected chi connectivity index (χ0v) is 7.44. The monoisotopic (exact) mass is 151 g/mol. The van der Waals surface area contributed by atoms with Gasteiger partial charge in [0.2, 0.25) is 0 Å². The fourth-order valence-corrected chi connectivity index (χ4v) is 2.61. The molecule has 3 aliphatic carbocycles. The molecule has 0 aromatic heterocycles. The highest BCUT2D eigenvalue weighted by molar-refractivity contribution is 4.95. The average molecular weight is 151 g/mol. The average Bonchev–Trinajstić information content (AvgIpc) is 2.21. The van der Waals surface area contributed by atoms with Crippen LogP contribution in [0.2, 0.25) is 0 Å². The predicted molar refractivity (Wildman–Crippen MR) is 48.3 cm³/mol. The SMILES string of the molecule is C1CC[C]2CCC(CC1)CC2. The minimum atomic E-state index is 1.11. The quantitative estimate of drug-likeness (QED) is 0.495. The second kappa shape index (κ2) is 3.60. The Kier molecular flexibility index (Phi) is 2.50. The van der Waals surface area contributed by atoms with Crippen LogP contribution < -0.4 is 0 Å². The Labute approximate surface area is 70.4 Å². The summed E-state index contributed by atoms with van der Waals surface area (Å²) in [5, 5.41) is 0. The number of rotatable bonds is 0. The highest BCUT2D eigenvalue weighted by atomic mass is 14.3. The van der Waals surface area contributed by atoms with Crippen molar-refractivity contribution < 1.29 is 0 Å². The van der Waals surface area contributed by atoms with Gasteiger partial charge in [-0.15, -0.1) is 0 Å². The van der Waals surface area contributed by atoms with Crippen molar-refractivity contribution >= 4 is 0 Å². The maximum absolute atomic E-state index is 1.89. The molecule has 0 heteroatoms. The van der Waals surface area contributed by atoms with Gasteiger partial charge in [0.1, 0.15) is 0 Å². The van der Waals surface area contributed by atoms with E-state index in [4.69, 9.17) is 0 Å². The number of hydrogen-bond acceptors (Lipinski definition) is 0. The van der Waals surface area contributed by atoms with E-state index < -0.39 is 0 Å². The van der Waals surface area contributed by atoms with Crippen LogP contribution in [0.5, 0.6) is 0 Å². The third-order valence-corrected chi connectivity index (χ3v) is 3.45. The lowest BCUT2D eigenvalue weighted by Gasteiger charge is -2.26. The van der Waals surface area contributed by atoms with Crippen molar-refractivity contribution in [1.29, 1.82) is 0 Å². The van der Waals surface area contributed by atoms with Crippen molar-refractivity contribution in [2.45, 2.75) is 57.8 Å². The molecule has 63 valence electrons. The Morgan fingerprint density at radius 1 is 0.727 bits per heavy atom. The van der Waals surface area contributed by atoms with Gasteiger partial charge in [0.25, 0.3) is 0 Å². The Hall–Kier alpha value is 0. The number of fused-ring (bicyclic) bond motifs is 6. The molecule has 0 spiro atoms. The van der Waals surface area contributed by atoms with Crippen molar-refractivity contribution in [2.24, 2.45) is 5.92 Å². The Balaban J connectivity index is 1.92. The van der Waals surface area contributed by atoms with Crippen LogP contribution in [0.15, 0.2) is 0 Å². The van der Waals surface area contributed by atoms with E-state index in [1.54, 1.807) is 0 Å². The summed E-state index contributed by atoms with van der Waals surface area (Å²) >= 11 is 0. The van der Waals surface area contributed by atoms with Gasteiger partial charge >= 0.3 is 0 Å². The third-order valence-electron chi connectivity index (χ3n) is 3.45. The Morgan fingerprint density at radius 3 is 2.36 bits per heavy atom. The Morgan fingerprint density at radius 2 is 1.55 bits per heavy atom. The van der Waals surface area contributed by atoms with Crippen LogP contribution in [0, 0.1) is 11.8 Å². The second-order valence-corrected chi connectivity index (χ2v) is 4.29. The molecule has 0 amide bonds. The summed E-state index contributed by atoms with van der Waals surface area (Å²) in [6.07, 6.45) is 13.5. The van der Waals surface area contributed by atoms with Gasteiger partial charge in [0.15, 0.2) is 0 Å². The molecule has 3 aliphatic rings. The topological polar surface area (TPSA) is 0 Å². The highest BCUT2D eigenvalue weighted by Gasteiger charge is 2.22. The summed E-state index contributed by atoms with van der Waals surface area (Å²) in [5.74, 6) is 3.00. The molecular weight excluding hydrogens is 132 g/mol. The lowest BCUT2D eigenvalue weighted by Crippen LogP contribution is -2.11. The molecule has 1 radical (unpaired) electrons. The minimum absolute atomic E-state index is 1.11. The van der Waals surface area contributed by atoms with Gasteiger partial charge < -0.3 is 0 Å². The fourth-order valence-electron chi connectivity index (χ4n) is 2.61. The van der Waals surface area contributed by atoms with Crippen LogP contribution in [0.4, 0.5) is 0 Å². The summed E-state index contributed by atoms with van der Waals surface area (Å²) < 4.78 is 0. The maximum Gasteiger partial charge on any atom is -0.0241 e. The summed E-state index contributed by atoms with van der Waals surface area (Å²) in [6, 6.07) is 0. The minimum Gasteiger partial charge on any atom is -0.0533 e. The summed E-state index contributed by atoms with van der Waals surface area (Å²) in [5.41, 5.74) is 0. The van der Waals surface area contributed by atoms with Gasteiger partial charge in [-0.05, 0) is 43.9 Å². The van der Waals surface area contributed by atoms with Crippen LogP contribution in [-0.2, 0) is 0 Å². The molecule has 3 fully saturated rings. The van der Waals surface area contributed by atoms with E-state index >= 15 is 0 Å². The van der Waals surface area contributed by atoms with Crippen LogP contribution in [0.3, 0.4) is 0 Å². The summed E-state index contributed by atoms with van der Waals surface area (Å²) in [4.78, 5) is 0. The van der Waals surface area contributed by atoms with E-state index in [0.29, 0.717) is 0 Å². The molecule has 11 heavy (non-hydrogen) atoms. The molecule has 2 bridgehead atoms. The molecule has 0 N–H and O–H groups in total. The van der Waals surface area contributed by atoms with Gasteiger partial charge in [0.05, 0.1) is 0 Å². The van der Waals surface area contributed by atoms with Gasteiger partial charge in [-0.3, -0.25) is 0 Å². The molecule has 0 aromatic carbocycles. The lowest BCUT2D eigenvalue weighted by molar-refractivity contribution is 0.355. The summed E-state index contributed by atoms with van der Waals surface area (Å²) in [7, 11) is 0. The molecule has 0 unspecified atom stereocenters. The molecule has 0 atom stereocenters. The molecule has 0 nitrogen and oxygen atoms in total. The smallest absolute Gasteiger partial charge is 0.0241 e. The standard InChI is InChI=1S/C11H19/c1-2-4-10-6-8-11(5-3-1)9-7-10/h10H,1-9H2. The van der Waals surface area contributed by atoms with Crippen LogP contribution >= 0.6 is 0 Å². The van der Waals surface area contributed by atoms with Gasteiger partial charge in [-0.2, -0.15) is 0 Å². The highest BCUT2D eigenvalue weighted by Crippen LogP contribution is 2.37. The van der Waals surface area contributed by atoms with E-state index in [1.807, 2.05) is 5.92 Å². The molecule has 3 rings (SSSR count). The Bertz CT molecular complexity index is 89.7. The molecule has 0 aliphatic heterocycles. The third kappa shape index (κ3) is 1.98. The predicted octanol–water partition coefficient (Wildman–Crippen LogP) is 3.72. The molecule has 3 saturated carbocycles. The molecular formula is C11H19. The number of hydrogen-bond donors (Lipinski definition) is 0. The fraction of sp³-hybridized carbons (Fsp3) is 0.909. The van der Waals surface area contributed by atoms with Crippen molar-refractivity contribution in [1.82, 2.24) is 0 Å². The maximum atomic E-state index is 1.89. The first-order valence-electron chi connectivity index (χ1n) is 5.29. The van der Waals surface area contributed by atoms with Crippen molar-refractivity contribution in [3.8, 4) is 0 Å². The molecule has 0 aromatic rings. The zero-order chi connectivity index (χ0) is 7.52. The van der Waals surface area contributed by atoms with Gasteiger partial charge in [-0.25, -0.2) is 0 Å². The van der Waals surface area contributed by atoms with Crippen molar-refractivity contribution in [2.75, 3.05) is 0 Å². The van der Waals surface area contributed by atoms with Crippen LogP contribution in [0.1, 0.15) is 57.8 Å². The van der Waals surface area contributed by atoms with Crippen molar-refractivity contribution in [3.63, 3.8) is 0 Å². The van der Waals surface area contributed by atoms with Gasteiger partial charge in [-0.1, -0.05) is 25.7 Å².